The smallest absolute Gasteiger partial charge is 0.416 e. The summed E-state index contributed by atoms with van der Waals surface area (Å²) in [6.07, 6.45) is -4.42. The summed E-state index contributed by atoms with van der Waals surface area (Å²) in [6.45, 7) is 7.97. The van der Waals surface area contributed by atoms with Gasteiger partial charge in [-0.25, -0.2) is 4.68 Å². The molecular weight excluding hydrogens is 421 g/mol. The first-order valence-electron chi connectivity index (χ1n) is 10.2. The Bertz CT molecular complexity index is 1060. The van der Waals surface area contributed by atoms with Gasteiger partial charge < -0.3 is 10.1 Å². The van der Waals surface area contributed by atoms with Gasteiger partial charge in [0.15, 0.2) is 5.82 Å². The standard InChI is InChI=1S/C23H25F3N4O2/c1-14(2)13-32-22-28-20(16-5-7-17(8-6-16)23(24,25)26)30(29-22)19-11-9-18(10-12-19)27-21(31)15(3)4/h5-12,14-15H,13H2,1-4H3,(H,27,31). The Labute approximate surface area is 184 Å². The summed E-state index contributed by atoms with van der Waals surface area (Å²) in [4.78, 5) is 16.3. The lowest BCUT2D eigenvalue weighted by Gasteiger charge is -2.10. The molecule has 2 aromatic carbocycles. The van der Waals surface area contributed by atoms with E-state index >= 15 is 0 Å². The molecule has 1 N–H and O–H groups in total. The third kappa shape index (κ3) is 5.66. The Morgan fingerprint density at radius 1 is 1.03 bits per heavy atom. The minimum atomic E-state index is -4.42. The van der Waals surface area contributed by atoms with Crippen molar-refractivity contribution >= 4 is 11.6 Å². The lowest BCUT2D eigenvalue weighted by Crippen LogP contribution is -2.17. The van der Waals surface area contributed by atoms with Gasteiger partial charge in [-0.3, -0.25) is 4.79 Å². The predicted molar refractivity (Wildman–Crippen MR) is 116 cm³/mol. The van der Waals surface area contributed by atoms with E-state index in [1.54, 1.807) is 38.1 Å². The lowest BCUT2D eigenvalue weighted by atomic mass is 10.1. The second-order valence-corrected chi connectivity index (χ2v) is 8.10. The van der Waals surface area contributed by atoms with E-state index in [1.165, 1.54) is 16.8 Å². The molecule has 3 aromatic rings. The van der Waals surface area contributed by atoms with Crippen LogP contribution in [0.5, 0.6) is 6.01 Å². The number of hydrogen-bond donors (Lipinski definition) is 1. The second-order valence-electron chi connectivity index (χ2n) is 8.10. The van der Waals surface area contributed by atoms with Crippen LogP contribution in [-0.4, -0.2) is 27.3 Å². The van der Waals surface area contributed by atoms with Gasteiger partial charge in [-0.1, -0.05) is 39.8 Å². The summed E-state index contributed by atoms with van der Waals surface area (Å²) in [5, 5.41) is 7.20. The average molecular weight is 446 g/mol. The molecule has 1 heterocycles. The normalized spacial score (nSPS) is 11.8. The maximum atomic E-state index is 12.9. The Morgan fingerprint density at radius 2 is 1.66 bits per heavy atom. The minimum absolute atomic E-state index is 0.103. The zero-order valence-corrected chi connectivity index (χ0v) is 18.3. The van der Waals surface area contributed by atoms with E-state index in [1.807, 2.05) is 13.8 Å². The maximum absolute atomic E-state index is 12.9. The number of alkyl halides is 3. The molecule has 0 atom stereocenters. The van der Waals surface area contributed by atoms with E-state index in [-0.39, 0.29) is 23.8 Å². The summed E-state index contributed by atoms with van der Waals surface area (Å²) < 4.78 is 46.0. The summed E-state index contributed by atoms with van der Waals surface area (Å²) >= 11 is 0. The van der Waals surface area contributed by atoms with E-state index < -0.39 is 11.7 Å². The summed E-state index contributed by atoms with van der Waals surface area (Å²) in [5.41, 5.74) is 0.963. The van der Waals surface area contributed by atoms with E-state index in [0.717, 1.165) is 12.1 Å². The van der Waals surface area contributed by atoms with Crippen molar-refractivity contribution in [3.8, 4) is 23.1 Å². The minimum Gasteiger partial charge on any atom is -0.462 e. The molecule has 0 radical (unpaired) electrons. The van der Waals surface area contributed by atoms with Gasteiger partial charge in [0.05, 0.1) is 17.9 Å². The second kappa shape index (κ2) is 9.42. The first-order valence-corrected chi connectivity index (χ1v) is 10.2. The highest BCUT2D eigenvalue weighted by molar-refractivity contribution is 5.92. The van der Waals surface area contributed by atoms with Crippen molar-refractivity contribution in [3.05, 3.63) is 54.1 Å². The zero-order chi connectivity index (χ0) is 23.5. The summed E-state index contributed by atoms with van der Waals surface area (Å²) in [6, 6.07) is 11.8. The van der Waals surface area contributed by atoms with Crippen LogP contribution >= 0.6 is 0 Å². The summed E-state index contributed by atoms with van der Waals surface area (Å²) in [7, 11) is 0. The van der Waals surface area contributed by atoms with Gasteiger partial charge in [-0.15, -0.1) is 5.10 Å². The molecule has 0 saturated heterocycles. The number of anilines is 1. The largest absolute Gasteiger partial charge is 0.462 e. The highest BCUT2D eigenvalue weighted by Crippen LogP contribution is 2.31. The molecule has 170 valence electrons. The number of carbonyl (C=O) groups is 1. The first-order chi connectivity index (χ1) is 15.0. The van der Waals surface area contributed by atoms with Crippen LogP contribution in [0, 0.1) is 11.8 Å². The Kier molecular flexibility index (Phi) is 6.86. The SMILES string of the molecule is CC(C)COc1nc(-c2ccc(C(F)(F)F)cc2)n(-c2ccc(NC(=O)C(C)C)cc2)n1. The molecule has 0 fully saturated rings. The Morgan fingerprint density at radius 3 is 2.19 bits per heavy atom. The van der Waals surface area contributed by atoms with E-state index in [9.17, 15) is 18.0 Å². The van der Waals surface area contributed by atoms with Gasteiger partial charge in [0.2, 0.25) is 5.91 Å². The van der Waals surface area contributed by atoms with Crippen LogP contribution < -0.4 is 10.1 Å². The lowest BCUT2D eigenvalue weighted by molar-refractivity contribution is -0.137. The van der Waals surface area contributed by atoms with Gasteiger partial charge in [0, 0.05) is 17.2 Å². The van der Waals surface area contributed by atoms with Crippen LogP contribution in [0.1, 0.15) is 33.3 Å². The topological polar surface area (TPSA) is 69.0 Å². The van der Waals surface area contributed by atoms with E-state index in [4.69, 9.17) is 4.74 Å². The van der Waals surface area contributed by atoms with E-state index in [2.05, 4.69) is 15.4 Å². The predicted octanol–water partition coefficient (Wildman–Crippen LogP) is 5.58. The number of amides is 1. The number of ether oxygens (including phenoxy) is 1. The van der Waals surface area contributed by atoms with Crippen LogP contribution in [0.3, 0.4) is 0 Å². The van der Waals surface area contributed by atoms with Crippen molar-refractivity contribution in [1.82, 2.24) is 14.8 Å². The monoisotopic (exact) mass is 446 g/mol. The zero-order valence-electron chi connectivity index (χ0n) is 18.3. The average Bonchev–Trinajstić information content (AvgIpc) is 3.16. The first kappa shape index (κ1) is 23.3. The van der Waals surface area contributed by atoms with E-state index in [0.29, 0.717) is 29.4 Å². The number of halogens is 3. The number of nitrogens with one attached hydrogen (secondary N) is 1. The molecule has 1 aromatic heterocycles. The number of aromatic nitrogens is 3. The summed E-state index contributed by atoms with van der Waals surface area (Å²) in [5.74, 6) is 0.335. The van der Waals surface area contributed by atoms with Crippen molar-refractivity contribution in [2.45, 2.75) is 33.9 Å². The van der Waals surface area contributed by atoms with Crippen molar-refractivity contribution in [1.29, 1.82) is 0 Å². The molecule has 0 aliphatic rings. The van der Waals surface area contributed by atoms with Crippen molar-refractivity contribution in [2.24, 2.45) is 11.8 Å². The molecule has 9 heteroatoms. The molecule has 1 amide bonds. The van der Waals surface area contributed by atoms with Crippen molar-refractivity contribution < 1.29 is 22.7 Å². The molecule has 0 aliphatic heterocycles. The molecule has 0 spiro atoms. The van der Waals surface area contributed by atoms with Crippen LogP contribution in [0.15, 0.2) is 48.5 Å². The van der Waals surface area contributed by atoms with Gasteiger partial charge >= 0.3 is 12.2 Å². The number of rotatable bonds is 7. The van der Waals surface area contributed by atoms with Gasteiger partial charge in [0.25, 0.3) is 0 Å². The fraction of sp³-hybridized carbons (Fsp3) is 0.348. The molecule has 32 heavy (non-hydrogen) atoms. The van der Waals surface area contributed by atoms with Crippen LogP contribution in [-0.2, 0) is 11.0 Å². The molecular formula is C23H25F3N4O2. The number of benzene rings is 2. The Balaban J connectivity index is 1.96. The quantitative estimate of drug-likeness (QED) is 0.514. The maximum Gasteiger partial charge on any atom is 0.416 e. The third-order valence-electron chi connectivity index (χ3n) is 4.51. The van der Waals surface area contributed by atoms with Crippen LogP contribution in [0.2, 0.25) is 0 Å². The Hall–Kier alpha value is -3.36. The number of carbonyl (C=O) groups excluding carboxylic acids is 1. The number of hydrogen-bond acceptors (Lipinski definition) is 4. The molecule has 0 aliphatic carbocycles. The molecule has 3 rings (SSSR count). The third-order valence-corrected chi connectivity index (χ3v) is 4.51. The molecule has 0 saturated carbocycles. The fourth-order valence-corrected chi connectivity index (χ4v) is 2.74. The van der Waals surface area contributed by atoms with Crippen molar-refractivity contribution in [3.63, 3.8) is 0 Å². The van der Waals surface area contributed by atoms with Gasteiger partial charge in [0.1, 0.15) is 0 Å². The molecule has 0 bridgehead atoms. The van der Waals surface area contributed by atoms with Crippen LogP contribution in [0.4, 0.5) is 18.9 Å². The fourth-order valence-electron chi connectivity index (χ4n) is 2.74. The molecule has 0 unspecified atom stereocenters. The highest BCUT2D eigenvalue weighted by Gasteiger charge is 2.30. The highest BCUT2D eigenvalue weighted by atomic mass is 19.4. The molecule has 6 nitrogen and oxygen atoms in total. The van der Waals surface area contributed by atoms with Gasteiger partial charge in [-0.2, -0.15) is 18.2 Å². The van der Waals surface area contributed by atoms with Crippen molar-refractivity contribution in [2.75, 3.05) is 11.9 Å². The van der Waals surface area contributed by atoms with Gasteiger partial charge in [-0.05, 0) is 42.3 Å². The number of nitrogens with zero attached hydrogens (tertiary/aromatic N) is 3. The van der Waals surface area contributed by atoms with Crippen LogP contribution in [0.25, 0.3) is 17.1 Å².